The molecule has 6 heteroatoms. The van der Waals surface area contributed by atoms with Crippen LogP contribution in [0.25, 0.3) is 0 Å². The second-order valence-corrected chi connectivity index (χ2v) is 4.38. The summed E-state index contributed by atoms with van der Waals surface area (Å²) in [7, 11) is 0. The van der Waals surface area contributed by atoms with Gasteiger partial charge in [-0.05, 0) is 42.3 Å². The fraction of sp³-hybridized carbons (Fsp3) is 0.133. The van der Waals surface area contributed by atoms with Crippen LogP contribution in [-0.4, -0.2) is 15.7 Å². The maximum atomic E-state index is 10.7. The van der Waals surface area contributed by atoms with Gasteiger partial charge < -0.3 is 5.11 Å². The topological polar surface area (TPSA) is 87.8 Å². The Bertz CT molecular complexity index is 666. The molecule has 0 aromatic heterocycles. The number of hydrogen-bond donors (Lipinski definition) is 2. The van der Waals surface area contributed by atoms with Crippen LogP contribution in [0.1, 0.15) is 18.9 Å². The number of aromatic hydroxyl groups is 1. The Morgan fingerprint density at radius 3 is 2.62 bits per heavy atom. The summed E-state index contributed by atoms with van der Waals surface area (Å²) in [5.74, 6) is 0.195. The van der Waals surface area contributed by atoms with Gasteiger partial charge in [0.1, 0.15) is 5.75 Å². The zero-order chi connectivity index (χ0) is 15.2. The average Bonchev–Trinajstić information content (AvgIpc) is 2.50. The van der Waals surface area contributed by atoms with E-state index in [1.165, 1.54) is 12.1 Å². The largest absolute Gasteiger partial charge is 0.508 e. The van der Waals surface area contributed by atoms with E-state index in [4.69, 9.17) is 0 Å². The van der Waals surface area contributed by atoms with Crippen LogP contribution in [0.4, 0.5) is 11.4 Å². The van der Waals surface area contributed by atoms with Crippen molar-refractivity contribution in [3.63, 3.8) is 0 Å². The molecule has 0 saturated heterocycles. The molecule has 0 atom stereocenters. The van der Waals surface area contributed by atoms with Gasteiger partial charge in [0.15, 0.2) is 0 Å². The number of phenols is 1. The van der Waals surface area contributed by atoms with Crippen molar-refractivity contribution in [2.45, 2.75) is 13.3 Å². The summed E-state index contributed by atoms with van der Waals surface area (Å²) in [4.78, 5) is 10.3. The van der Waals surface area contributed by atoms with Crippen molar-refractivity contribution in [3.05, 3.63) is 64.2 Å². The fourth-order valence-electron chi connectivity index (χ4n) is 1.82. The third kappa shape index (κ3) is 3.79. The number of rotatable bonds is 5. The molecule has 6 nitrogen and oxygen atoms in total. The highest BCUT2D eigenvalue weighted by molar-refractivity contribution is 6.00. The van der Waals surface area contributed by atoms with Crippen LogP contribution in [0.2, 0.25) is 0 Å². The lowest BCUT2D eigenvalue weighted by molar-refractivity contribution is -0.384. The van der Waals surface area contributed by atoms with E-state index in [2.05, 4.69) is 10.5 Å². The van der Waals surface area contributed by atoms with Crippen LogP contribution in [0.3, 0.4) is 0 Å². The number of hydrazone groups is 1. The summed E-state index contributed by atoms with van der Waals surface area (Å²) in [6.45, 7) is 1.96. The first-order valence-corrected chi connectivity index (χ1v) is 6.46. The van der Waals surface area contributed by atoms with Crippen LogP contribution < -0.4 is 5.43 Å². The molecule has 0 aliphatic rings. The van der Waals surface area contributed by atoms with E-state index >= 15 is 0 Å². The van der Waals surface area contributed by atoms with Crippen LogP contribution in [0.5, 0.6) is 5.75 Å². The van der Waals surface area contributed by atoms with Crippen molar-refractivity contribution < 1.29 is 10.0 Å². The Morgan fingerprint density at radius 2 is 2.00 bits per heavy atom. The molecule has 0 bridgehead atoms. The third-order valence-corrected chi connectivity index (χ3v) is 2.91. The Labute approximate surface area is 121 Å². The van der Waals surface area contributed by atoms with Gasteiger partial charge in [-0.15, -0.1) is 0 Å². The maximum absolute atomic E-state index is 10.7. The van der Waals surface area contributed by atoms with Crippen LogP contribution >= 0.6 is 0 Å². The molecule has 0 fully saturated rings. The van der Waals surface area contributed by atoms with Crippen molar-refractivity contribution >= 4 is 17.1 Å². The molecule has 0 heterocycles. The maximum Gasteiger partial charge on any atom is 0.271 e. The molecule has 0 spiro atoms. The molecule has 2 N–H and O–H groups in total. The molecule has 0 amide bonds. The summed E-state index contributed by atoms with van der Waals surface area (Å²) >= 11 is 0. The van der Waals surface area contributed by atoms with Gasteiger partial charge in [0.25, 0.3) is 5.69 Å². The minimum atomic E-state index is -0.449. The first-order chi connectivity index (χ1) is 10.1. The normalized spacial score (nSPS) is 11.2. The molecule has 0 unspecified atom stereocenters. The van der Waals surface area contributed by atoms with Gasteiger partial charge >= 0.3 is 0 Å². The average molecular weight is 285 g/mol. The number of phenolic OH excluding ortho intramolecular Hbond substituents is 1. The second-order valence-electron chi connectivity index (χ2n) is 4.38. The Morgan fingerprint density at radius 1 is 1.29 bits per heavy atom. The highest BCUT2D eigenvalue weighted by Crippen LogP contribution is 2.18. The minimum absolute atomic E-state index is 0.0119. The quantitative estimate of drug-likeness (QED) is 0.499. The zero-order valence-corrected chi connectivity index (χ0v) is 11.5. The standard InChI is InChI=1S/C15H15N3O3/c1-2-15(11-6-8-14(19)9-7-11)17-16-12-4-3-5-13(10-12)18(20)21/h3-10,16,19H,2H2,1H3/b17-15+. The Kier molecular flexibility index (Phi) is 4.50. The van der Waals surface area contributed by atoms with Crippen LogP contribution in [0.15, 0.2) is 53.6 Å². The molecule has 0 aliphatic heterocycles. The summed E-state index contributed by atoms with van der Waals surface area (Å²) in [5.41, 5.74) is 5.06. The predicted octanol–water partition coefficient (Wildman–Crippen LogP) is 3.53. The Balaban J connectivity index is 2.19. The van der Waals surface area contributed by atoms with Crippen LogP contribution in [0, 0.1) is 10.1 Å². The van der Waals surface area contributed by atoms with Crippen molar-refractivity contribution in [1.82, 2.24) is 0 Å². The smallest absolute Gasteiger partial charge is 0.271 e. The number of hydrogen-bond acceptors (Lipinski definition) is 5. The van der Waals surface area contributed by atoms with E-state index in [0.29, 0.717) is 12.1 Å². The number of nitro benzene ring substituents is 1. The van der Waals surface area contributed by atoms with Gasteiger partial charge in [-0.25, -0.2) is 0 Å². The van der Waals surface area contributed by atoms with E-state index in [-0.39, 0.29) is 11.4 Å². The molecule has 2 aromatic rings. The molecule has 0 radical (unpaired) electrons. The lowest BCUT2D eigenvalue weighted by Crippen LogP contribution is -2.03. The molecule has 108 valence electrons. The summed E-state index contributed by atoms with van der Waals surface area (Å²) in [6.07, 6.45) is 0.687. The first-order valence-electron chi connectivity index (χ1n) is 6.46. The first kappa shape index (κ1) is 14.5. The van der Waals surface area contributed by atoms with Crippen molar-refractivity contribution in [1.29, 1.82) is 0 Å². The van der Waals surface area contributed by atoms with Crippen molar-refractivity contribution in [3.8, 4) is 5.75 Å². The van der Waals surface area contributed by atoms with E-state index in [0.717, 1.165) is 11.3 Å². The molecule has 0 saturated carbocycles. The molecule has 2 aromatic carbocycles. The molecular weight excluding hydrogens is 270 g/mol. The number of nitro groups is 1. The lowest BCUT2D eigenvalue weighted by atomic mass is 10.1. The van der Waals surface area contributed by atoms with Gasteiger partial charge in [-0.3, -0.25) is 15.5 Å². The van der Waals surface area contributed by atoms with E-state index in [9.17, 15) is 15.2 Å². The molecular formula is C15H15N3O3. The summed E-state index contributed by atoms with van der Waals surface area (Å²) in [5, 5.41) is 24.3. The number of benzene rings is 2. The summed E-state index contributed by atoms with van der Waals surface area (Å²) < 4.78 is 0. The van der Waals surface area contributed by atoms with Crippen molar-refractivity contribution in [2.75, 3.05) is 5.43 Å². The predicted molar refractivity (Wildman–Crippen MR) is 81.7 cm³/mol. The zero-order valence-electron chi connectivity index (χ0n) is 11.5. The number of non-ortho nitro benzene ring substituents is 1. The third-order valence-electron chi connectivity index (χ3n) is 2.91. The van der Waals surface area contributed by atoms with E-state index < -0.39 is 4.92 Å². The van der Waals surface area contributed by atoms with E-state index in [1.54, 1.807) is 36.4 Å². The van der Waals surface area contributed by atoms with Crippen molar-refractivity contribution in [2.24, 2.45) is 5.10 Å². The number of nitrogens with zero attached hydrogens (tertiary/aromatic N) is 2. The van der Waals surface area contributed by atoms with E-state index in [1.807, 2.05) is 6.92 Å². The SMILES string of the molecule is CC/C(=N\Nc1cccc([N+](=O)[O-])c1)c1ccc(O)cc1. The highest BCUT2D eigenvalue weighted by Gasteiger charge is 2.06. The number of anilines is 1. The Hall–Kier alpha value is -2.89. The van der Waals surface area contributed by atoms with Gasteiger partial charge in [0.05, 0.1) is 16.3 Å². The highest BCUT2D eigenvalue weighted by atomic mass is 16.6. The van der Waals surface area contributed by atoms with Crippen LogP contribution in [-0.2, 0) is 0 Å². The fourth-order valence-corrected chi connectivity index (χ4v) is 1.82. The molecule has 0 aliphatic carbocycles. The molecule has 2 rings (SSSR count). The summed E-state index contributed by atoms with van der Waals surface area (Å²) in [6, 6.07) is 12.9. The molecule has 21 heavy (non-hydrogen) atoms. The monoisotopic (exact) mass is 285 g/mol. The lowest BCUT2D eigenvalue weighted by Gasteiger charge is -2.06. The second kappa shape index (κ2) is 6.51. The van der Waals surface area contributed by atoms with Gasteiger partial charge in [0.2, 0.25) is 0 Å². The van der Waals surface area contributed by atoms with Gasteiger partial charge in [-0.2, -0.15) is 5.10 Å². The van der Waals surface area contributed by atoms with Gasteiger partial charge in [0, 0.05) is 12.1 Å². The minimum Gasteiger partial charge on any atom is -0.508 e. The van der Waals surface area contributed by atoms with Gasteiger partial charge in [-0.1, -0.05) is 13.0 Å². The number of nitrogens with one attached hydrogen (secondary N) is 1.